The highest BCUT2D eigenvalue weighted by Gasteiger charge is 2.22. The Hall–Kier alpha value is -2.28. The second-order valence-electron chi connectivity index (χ2n) is 5.86. The van der Waals surface area contributed by atoms with Gasteiger partial charge in [-0.2, -0.15) is 4.68 Å². The number of hydrogen-bond donors (Lipinski definition) is 1. The van der Waals surface area contributed by atoms with Crippen molar-refractivity contribution in [2.75, 3.05) is 19.6 Å². The van der Waals surface area contributed by atoms with E-state index in [-0.39, 0.29) is 11.9 Å². The molecule has 1 aromatic carbocycles. The van der Waals surface area contributed by atoms with E-state index in [2.05, 4.69) is 32.7 Å². The van der Waals surface area contributed by atoms with Crippen molar-refractivity contribution in [3.63, 3.8) is 0 Å². The smallest absolute Gasteiger partial charge is 0.253 e. The van der Waals surface area contributed by atoms with E-state index in [0.717, 1.165) is 32.5 Å². The molecule has 0 saturated carbocycles. The zero-order chi connectivity index (χ0) is 16.1. The Kier molecular flexibility index (Phi) is 4.97. The first-order chi connectivity index (χ1) is 11.3. The molecule has 1 N–H and O–H groups in total. The van der Waals surface area contributed by atoms with Crippen LogP contribution in [-0.4, -0.2) is 56.7 Å². The topological polar surface area (TPSA) is 75.9 Å². The second kappa shape index (κ2) is 7.32. The molecule has 0 unspecified atom stereocenters. The molecule has 1 aliphatic heterocycles. The van der Waals surface area contributed by atoms with Gasteiger partial charge in [-0.05, 0) is 48.4 Å². The van der Waals surface area contributed by atoms with E-state index in [0.29, 0.717) is 11.3 Å². The van der Waals surface area contributed by atoms with Crippen LogP contribution in [0.25, 0.3) is 5.69 Å². The number of rotatable bonds is 5. The highest BCUT2D eigenvalue weighted by Crippen LogP contribution is 2.15. The van der Waals surface area contributed by atoms with Gasteiger partial charge in [0.25, 0.3) is 5.91 Å². The normalized spacial score (nSPS) is 16.4. The molecule has 7 heteroatoms. The third kappa shape index (κ3) is 3.73. The molecule has 122 valence electrons. The van der Waals surface area contributed by atoms with Gasteiger partial charge in [-0.15, -0.1) is 5.10 Å². The number of tetrazole rings is 1. The number of hydrogen-bond acceptors (Lipinski definition) is 5. The van der Waals surface area contributed by atoms with Gasteiger partial charge >= 0.3 is 0 Å². The zero-order valence-electron chi connectivity index (χ0n) is 13.4. The average Bonchev–Trinajstić information content (AvgIpc) is 3.11. The minimum absolute atomic E-state index is 0.0648. The Morgan fingerprint density at radius 1 is 1.30 bits per heavy atom. The van der Waals surface area contributed by atoms with Crippen molar-refractivity contribution in [1.29, 1.82) is 0 Å². The average molecular weight is 314 g/mol. The fourth-order valence-corrected chi connectivity index (χ4v) is 3.02. The standard InChI is InChI=1S/C16H22N6O/c1-2-9-21-10-7-13(8-11-21)18-16(23)14-5-3-4-6-15(14)22-12-17-19-20-22/h3-6,12-13H,2,7-11H2,1H3,(H,18,23). The number of piperidine rings is 1. The van der Waals surface area contributed by atoms with Gasteiger partial charge in [0.1, 0.15) is 6.33 Å². The summed E-state index contributed by atoms with van der Waals surface area (Å²) in [6.45, 7) is 5.44. The summed E-state index contributed by atoms with van der Waals surface area (Å²) in [7, 11) is 0. The van der Waals surface area contributed by atoms with E-state index in [1.165, 1.54) is 17.4 Å². The Bertz CT molecular complexity index is 634. The van der Waals surface area contributed by atoms with Crippen molar-refractivity contribution in [3.8, 4) is 5.69 Å². The second-order valence-corrected chi connectivity index (χ2v) is 5.86. The molecule has 0 spiro atoms. The SMILES string of the molecule is CCCN1CCC(NC(=O)c2ccccc2-n2cnnn2)CC1. The van der Waals surface area contributed by atoms with Crippen molar-refractivity contribution in [2.45, 2.75) is 32.2 Å². The van der Waals surface area contributed by atoms with Gasteiger partial charge in [-0.1, -0.05) is 19.1 Å². The van der Waals surface area contributed by atoms with Gasteiger partial charge in [0.2, 0.25) is 0 Å². The van der Waals surface area contributed by atoms with Crippen LogP contribution >= 0.6 is 0 Å². The number of aromatic nitrogens is 4. The monoisotopic (exact) mass is 314 g/mol. The maximum Gasteiger partial charge on any atom is 0.253 e. The lowest BCUT2D eigenvalue weighted by Crippen LogP contribution is -2.44. The summed E-state index contributed by atoms with van der Waals surface area (Å²) in [5.74, 6) is -0.0648. The number of benzene rings is 1. The zero-order valence-corrected chi connectivity index (χ0v) is 13.4. The number of carbonyl (C=O) groups is 1. The Balaban J connectivity index is 1.66. The van der Waals surface area contributed by atoms with Crippen LogP contribution in [0.1, 0.15) is 36.5 Å². The minimum Gasteiger partial charge on any atom is -0.349 e. The third-order valence-electron chi connectivity index (χ3n) is 4.21. The lowest BCUT2D eigenvalue weighted by molar-refractivity contribution is 0.0911. The Labute approximate surface area is 135 Å². The van der Waals surface area contributed by atoms with Crippen molar-refractivity contribution in [1.82, 2.24) is 30.4 Å². The fraction of sp³-hybridized carbons (Fsp3) is 0.500. The summed E-state index contributed by atoms with van der Waals surface area (Å²) < 4.78 is 1.51. The molecule has 1 saturated heterocycles. The first-order valence-electron chi connectivity index (χ1n) is 8.13. The summed E-state index contributed by atoms with van der Waals surface area (Å²) in [6.07, 6.45) is 4.67. The van der Waals surface area contributed by atoms with E-state index in [9.17, 15) is 4.79 Å². The van der Waals surface area contributed by atoms with Crippen molar-refractivity contribution in [2.24, 2.45) is 0 Å². The fourth-order valence-electron chi connectivity index (χ4n) is 3.02. The van der Waals surface area contributed by atoms with Crippen LogP contribution in [-0.2, 0) is 0 Å². The molecule has 1 aliphatic rings. The molecule has 1 amide bonds. The van der Waals surface area contributed by atoms with Crippen molar-refractivity contribution in [3.05, 3.63) is 36.2 Å². The molecule has 3 rings (SSSR count). The molecule has 0 bridgehead atoms. The van der Waals surface area contributed by atoms with Gasteiger partial charge < -0.3 is 10.2 Å². The number of carbonyl (C=O) groups excluding carboxylic acids is 1. The number of nitrogens with one attached hydrogen (secondary N) is 1. The number of amides is 1. The van der Waals surface area contributed by atoms with E-state index in [4.69, 9.17) is 0 Å². The maximum atomic E-state index is 12.6. The molecular formula is C16H22N6O. The van der Waals surface area contributed by atoms with E-state index in [1.807, 2.05) is 18.2 Å². The number of likely N-dealkylation sites (tertiary alicyclic amines) is 1. The lowest BCUT2D eigenvalue weighted by Gasteiger charge is -2.32. The van der Waals surface area contributed by atoms with Crippen molar-refractivity contribution >= 4 is 5.91 Å². The van der Waals surface area contributed by atoms with Crippen LogP contribution in [0.15, 0.2) is 30.6 Å². The number of para-hydroxylation sites is 1. The van der Waals surface area contributed by atoms with Crippen LogP contribution < -0.4 is 5.32 Å². The first-order valence-corrected chi connectivity index (χ1v) is 8.13. The molecular weight excluding hydrogens is 292 g/mol. The molecule has 2 aromatic rings. The minimum atomic E-state index is -0.0648. The van der Waals surface area contributed by atoms with Crippen LogP contribution in [0.2, 0.25) is 0 Å². The summed E-state index contributed by atoms with van der Waals surface area (Å²) >= 11 is 0. The van der Waals surface area contributed by atoms with Crippen LogP contribution in [0, 0.1) is 0 Å². The van der Waals surface area contributed by atoms with Gasteiger partial charge in [-0.3, -0.25) is 4.79 Å². The molecule has 23 heavy (non-hydrogen) atoms. The summed E-state index contributed by atoms with van der Waals surface area (Å²) in [5.41, 5.74) is 1.29. The quantitative estimate of drug-likeness (QED) is 0.899. The number of nitrogens with zero attached hydrogens (tertiary/aromatic N) is 5. The Morgan fingerprint density at radius 2 is 2.09 bits per heavy atom. The third-order valence-corrected chi connectivity index (χ3v) is 4.21. The van der Waals surface area contributed by atoms with Crippen LogP contribution in [0.4, 0.5) is 0 Å². The van der Waals surface area contributed by atoms with Gasteiger partial charge in [-0.25, -0.2) is 0 Å². The summed E-state index contributed by atoms with van der Waals surface area (Å²) in [4.78, 5) is 15.1. The van der Waals surface area contributed by atoms with E-state index >= 15 is 0 Å². The van der Waals surface area contributed by atoms with Gasteiger partial charge in [0.15, 0.2) is 0 Å². The van der Waals surface area contributed by atoms with Crippen LogP contribution in [0.3, 0.4) is 0 Å². The first kappa shape index (κ1) is 15.6. The Morgan fingerprint density at radius 3 is 2.78 bits per heavy atom. The predicted octanol–water partition coefficient (Wildman–Crippen LogP) is 1.27. The summed E-state index contributed by atoms with van der Waals surface area (Å²) in [6, 6.07) is 7.61. The largest absolute Gasteiger partial charge is 0.349 e. The van der Waals surface area contributed by atoms with E-state index in [1.54, 1.807) is 6.07 Å². The van der Waals surface area contributed by atoms with Crippen molar-refractivity contribution < 1.29 is 4.79 Å². The lowest BCUT2D eigenvalue weighted by atomic mass is 10.0. The van der Waals surface area contributed by atoms with E-state index < -0.39 is 0 Å². The molecule has 0 atom stereocenters. The maximum absolute atomic E-state index is 12.6. The molecule has 0 radical (unpaired) electrons. The highest BCUT2D eigenvalue weighted by molar-refractivity contribution is 5.97. The molecule has 1 aromatic heterocycles. The molecule has 7 nitrogen and oxygen atoms in total. The highest BCUT2D eigenvalue weighted by atomic mass is 16.1. The van der Waals surface area contributed by atoms with Gasteiger partial charge in [0, 0.05) is 19.1 Å². The summed E-state index contributed by atoms with van der Waals surface area (Å²) in [5, 5.41) is 14.3. The molecule has 0 aliphatic carbocycles. The molecule has 1 fully saturated rings. The predicted molar refractivity (Wildman–Crippen MR) is 86.4 cm³/mol. The molecule has 2 heterocycles. The van der Waals surface area contributed by atoms with Crippen LogP contribution in [0.5, 0.6) is 0 Å². The van der Waals surface area contributed by atoms with Gasteiger partial charge in [0.05, 0.1) is 11.3 Å².